The Labute approximate surface area is 665 Å². The monoisotopic (exact) mass is 1600 g/mol. The van der Waals surface area contributed by atoms with Crippen molar-refractivity contribution in [2.45, 2.75) is 117 Å². The molecule has 32 nitrogen and oxygen atoms in total. The molecule has 9 amide bonds. The summed E-state index contributed by atoms with van der Waals surface area (Å²) in [5.74, 6) is -5.76. The van der Waals surface area contributed by atoms with Crippen LogP contribution in [0.25, 0.3) is 44.6 Å². The number of carboxylic acids is 1. The second-order valence-electron chi connectivity index (χ2n) is 29.4. The minimum Gasteiger partial charge on any atom is -0.481 e. The van der Waals surface area contributed by atoms with Gasteiger partial charge in [-0.05, 0) is 132 Å². The third kappa shape index (κ3) is 17.1. The topological polar surface area (TPSA) is 392 Å². The van der Waals surface area contributed by atoms with Crippen molar-refractivity contribution in [3.05, 3.63) is 184 Å². The number of imidazole rings is 2. The van der Waals surface area contributed by atoms with Gasteiger partial charge in [-0.25, -0.2) is 57.4 Å². The van der Waals surface area contributed by atoms with Crippen LogP contribution >= 0.6 is 0 Å². The first-order chi connectivity index (χ1) is 56.1. The smallest absolute Gasteiger partial charge is 0.303 e. The van der Waals surface area contributed by atoms with Gasteiger partial charge in [-0.15, -0.1) is 0 Å². The molecule has 0 aliphatic carbocycles. The molecule has 4 aromatic carbocycles. The van der Waals surface area contributed by atoms with Gasteiger partial charge in [-0.2, -0.15) is 0 Å². The fraction of sp³-hybridized carbons (Fsp3) is 0.333. The number of amides is 9. The number of hydrogen-bond acceptors (Lipinski definition) is 24. The van der Waals surface area contributed by atoms with Crippen LogP contribution in [0.2, 0.25) is 0 Å². The first-order valence-corrected chi connectivity index (χ1v) is 38.1. The first-order valence-electron chi connectivity index (χ1n) is 38.1. The number of carbonyl (C=O) groups is 10. The molecule has 4 fully saturated rings. The summed E-state index contributed by atoms with van der Waals surface area (Å²) >= 11 is 0. The molecule has 0 spiro atoms. The fourth-order valence-electron chi connectivity index (χ4n) is 15.3. The van der Waals surface area contributed by atoms with Crippen LogP contribution in [0.3, 0.4) is 0 Å². The summed E-state index contributed by atoms with van der Waals surface area (Å²) in [4.78, 5) is 166. The van der Waals surface area contributed by atoms with E-state index in [1.165, 1.54) is 24.3 Å². The van der Waals surface area contributed by atoms with Crippen molar-refractivity contribution in [3.8, 4) is 22.5 Å². The maximum Gasteiger partial charge on any atom is 0.303 e. The van der Waals surface area contributed by atoms with E-state index in [2.05, 4.69) is 81.6 Å². The zero-order valence-corrected chi connectivity index (χ0v) is 64.5. The number of aliphatic carboxylic acids is 1. The number of carboxylic acid groups (broad SMARTS) is 1. The number of benzene rings is 4. The Kier molecular flexibility index (Phi) is 23.4. The number of rotatable bonds is 20. The maximum atomic E-state index is 15.1. The van der Waals surface area contributed by atoms with Gasteiger partial charge in [-0.3, -0.25) is 78.2 Å². The molecule has 4 saturated heterocycles. The van der Waals surface area contributed by atoms with Crippen LogP contribution < -0.4 is 31.9 Å². The van der Waals surface area contributed by atoms with Gasteiger partial charge >= 0.3 is 5.97 Å². The number of piperazine rings is 2. The second kappa shape index (κ2) is 34.1. The summed E-state index contributed by atoms with van der Waals surface area (Å²) in [7, 11) is 0. The van der Waals surface area contributed by atoms with Gasteiger partial charge in [0, 0.05) is 126 Å². The van der Waals surface area contributed by atoms with E-state index >= 15 is 8.78 Å². The van der Waals surface area contributed by atoms with Gasteiger partial charge in [0.2, 0.25) is 41.4 Å². The third-order valence-electron chi connectivity index (χ3n) is 20.9. The average molecular weight is 1600 g/mol. The highest BCUT2D eigenvalue weighted by molar-refractivity contribution is 6.26. The van der Waals surface area contributed by atoms with E-state index in [-0.39, 0.29) is 125 Å². The van der Waals surface area contributed by atoms with E-state index in [0.717, 1.165) is 66.0 Å². The SMILES string of the molecule is Cc1nc2c(F)cc(-c3nc(Nc4ccc(CN5CCN(C(=O)CNc6cccc7c6C(=O)N(C6CCC(=O)NC6=O)C7=O)CC5)cn4)ncc3F)cc2n1C(C)C.Cc1nc2c(F)cc(-c3nc(Nc4ccc(CN5CCNCC5)cn4)ncc3F)cc2n1C(C)C.O=C(O)CCc1cccc2c1C(=O)N(C1CCC(=O)NC1=O)C2=O. The van der Waals surface area contributed by atoms with Crippen LogP contribution in [0.15, 0.2) is 110 Å². The summed E-state index contributed by atoms with van der Waals surface area (Å²) in [5, 5.41) is 25.5. The molecule has 2 atom stereocenters. The number of hydrogen-bond donors (Lipinski definition) is 7. The Balaban J connectivity index is 0.000000161. The van der Waals surface area contributed by atoms with Crippen molar-refractivity contribution < 1.29 is 70.6 Å². The molecule has 12 heterocycles. The molecule has 6 aliphatic rings. The Morgan fingerprint density at radius 2 is 1.01 bits per heavy atom. The molecule has 6 aliphatic heterocycles. The van der Waals surface area contributed by atoms with Crippen molar-refractivity contribution in [1.82, 2.24) is 89.5 Å². The van der Waals surface area contributed by atoms with Crippen LogP contribution in [-0.4, -0.2) is 209 Å². The molecule has 7 N–H and O–H groups in total. The molecule has 0 radical (unpaired) electrons. The number of imide groups is 4. The van der Waals surface area contributed by atoms with Gasteiger partial charge in [0.15, 0.2) is 23.3 Å². The number of aryl methyl sites for hydroxylation is 3. The van der Waals surface area contributed by atoms with Crippen LogP contribution in [0, 0.1) is 37.1 Å². The molecule has 604 valence electrons. The lowest BCUT2D eigenvalue weighted by atomic mass is 9.99. The van der Waals surface area contributed by atoms with Crippen molar-refractivity contribution in [1.29, 1.82) is 0 Å². The molecule has 0 saturated carbocycles. The lowest BCUT2D eigenvalue weighted by molar-refractivity contribution is -0.137. The van der Waals surface area contributed by atoms with Gasteiger partial charge in [-0.1, -0.05) is 30.3 Å². The molecule has 2 unspecified atom stereocenters. The molecule has 0 bridgehead atoms. The standard InChI is InChI=1S/C40H39F2N11O5.C25H28F2N8.C16H14N2O6/c1-21(2)52-22(3)46-36-26(41)15-24(16-30(36)52)35-27(42)18-45-40(49-35)47-31-9-7-23(17-44-31)20-50-11-13-51(14-12-50)33(55)19-43-28-6-4-5-25-34(28)39(58)53(38(25)57)29-8-10-32(54)48-37(29)56;1-15(2)35-16(3)31-24-19(26)10-18(11-21(24)35)23-20(27)13-30-25(33-23)32-22-5-4-17(12-29-22)14-34-8-6-28-7-9-34;19-11-6-5-10(14(22)17-11)18-15(23)9-3-1-2-8(4-7-12(20)21)13(9)16(18)24/h4-7,9,15-18,21,29,43H,8,10-14,19-20H2,1-3H3,(H,48,54,56)(H,44,45,47,49);4-5,10-13,15,28H,6-9,14H2,1-3H3,(H,29,30,32,33);1-3,10H,4-7H2,(H,20,21)(H,17,19,22). The Morgan fingerprint density at radius 3 is 1.47 bits per heavy atom. The lowest BCUT2D eigenvalue weighted by Gasteiger charge is -2.34. The zero-order chi connectivity index (χ0) is 82.8. The summed E-state index contributed by atoms with van der Waals surface area (Å²) in [6.07, 6.45) is 5.77. The lowest BCUT2D eigenvalue weighted by Crippen LogP contribution is -2.54. The van der Waals surface area contributed by atoms with Crippen LogP contribution in [0.5, 0.6) is 0 Å². The van der Waals surface area contributed by atoms with E-state index < -0.39 is 88.6 Å². The zero-order valence-electron chi connectivity index (χ0n) is 64.5. The van der Waals surface area contributed by atoms with Crippen molar-refractivity contribution >= 4 is 110 Å². The molecule has 36 heteroatoms. The summed E-state index contributed by atoms with van der Waals surface area (Å²) in [5.41, 5.74) is 5.48. The Hall–Kier alpha value is -13.2. The van der Waals surface area contributed by atoms with Gasteiger partial charge < -0.3 is 40.4 Å². The molecule has 16 rings (SSSR count). The highest BCUT2D eigenvalue weighted by atomic mass is 19.1. The highest BCUT2D eigenvalue weighted by Crippen LogP contribution is 2.37. The minimum absolute atomic E-state index is 0.00721. The highest BCUT2D eigenvalue weighted by Gasteiger charge is 2.47. The number of carbonyl (C=O) groups excluding carboxylic acids is 9. The van der Waals surface area contributed by atoms with Crippen molar-refractivity contribution in [3.63, 3.8) is 0 Å². The fourth-order valence-corrected chi connectivity index (χ4v) is 15.3. The average Bonchev–Trinajstić information content (AvgIpc) is 1.60. The van der Waals surface area contributed by atoms with E-state index in [4.69, 9.17) is 5.11 Å². The van der Waals surface area contributed by atoms with E-state index in [9.17, 15) is 56.7 Å². The maximum absolute atomic E-state index is 15.1. The van der Waals surface area contributed by atoms with Gasteiger partial charge in [0.25, 0.3) is 23.6 Å². The number of pyridine rings is 2. The summed E-state index contributed by atoms with van der Waals surface area (Å²) in [6, 6.07) is 20.7. The number of anilines is 5. The van der Waals surface area contributed by atoms with E-state index in [1.54, 1.807) is 60.5 Å². The van der Waals surface area contributed by atoms with Crippen LogP contribution in [0.4, 0.5) is 46.8 Å². The second-order valence-corrected chi connectivity index (χ2v) is 29.4. The number of aromatic nitrogens is 10. The summed E-state index contributed by atoms with van der Waals surface area (Å²) < 4.78 is 63.6. The Morgan fingerprint density at radius 1 is 0.538 bits per heavy atom. The molecular weight excluding hydrogens is 1520 g/mol. The number of halogens is 4. The third-order valence-corrected chi connectivity index (χ3v) is 20.9. The summed E-state index contributed by atoms with van der Waals surface area (Å²) in [6.45, 7) is 19.0. The minimum atomic E-state index is -1.08. The van der Waals surface area contributed by atoms with Gasteiger partial charge in [0.05, 0.1) is 52.2 Å². The molecule has 10 aromatic rings. The van der Waals surface area contributed by atoms with Crippen LogP contribution in [-0.2, 0) is 48.3 Å². The van der Waals surface area contributed by atoms with Crippen molar-refractivity contribution in [2.75, 3.05) is 74.9 Å². The number of nitrogens with one attached hydrogen (secondary N) is 6. The quantitative estimate of drug-likeness (QED) is 0.0279. The van der Waals surface area contributed by atoms with Gasteiger partial charge in [0.1, 0.15) is 57.8 Å². The molecular formula is C81H81F4N21O11. The van der Waals surface area contributed by atoms with Crippen molar-refractivity contribution in [2.24, 2.45) is 0 Å². The number of nitrogens with zero attached hydrogens (tertiary/aromatic N) is 15. The number of fused-ring (bicyclic) bond motifs is 4. The normalized spacial score (nSPS) is 17.1. The Bertz CT molecular complexity index is 5650. The number of piperidine rings is 2. The molecule has 117 heavy (non-hydrogen) atoms. The van der Waals surface area contributed by atoms with E-state index in [0.29, 0.717) is 83.9 Å². The molecule has 6 aromatic heterocycles. The predicted octanol–water partition coefficient (Wildman–Crippen LogP) is 8.27. The predicted molar refractivity (Wildman–Crippen MR) is 417 cm³/mol. The van der Waals surface area contributed by atoms with Crippen LogP contribution in [0.1, 0.15) is 142 Å². The largest absolute Gasteiger partial charge is 0.481 e. The van der Waals surface area contributed by atoms with E-state index in [1.807, 2.05) is 68.1 Å². The first kappa shape index (κ1) is 80.4.